The van der Waals surface area contributed by atoms with Crippen LogP contribution in [0.1, 0.15) is 33.2 Å². The maximum atomic E-state index is 11.9. The molecule has 1 aromatic heterocycles. The fraction of sp³-hybridized carbons (Fsp3) is 0.636. The molecular formula is C11H17N3O. The van der Waals surface area contributed by atoms with Crippen molar-refractivity contribution in [3.05, 3.63) is 22.7 Å². The highest BCUT2D eigenvalue weighted by Crippen LogP contribution is 2.31. The van der Waals surface area contributed by atoms with E-state index < -0.39 is 0 Å². The summed E-state index contributed by atoms with van der Waals surface area (Å²) in [5.41, 5.74) is -0.0217. The van der Waals surface area contributed by atoms with E-state index in [9.17, 15) is 4.79 Å². The Labute approximate surface area is 89.3 Å². The number of nitrogens with one attached hydrogen (secondary N) is 1. The Bertz CT molecular complexity index is 411. The summed E-state index contributed by atoms with van der Waals surface area (Å²) in [6.07, 6.45) is 4.54. The van der Waals surface area contributed by atoms with Crippen LogP contribution in [0.2, 0.25) is 0 Å². The monoisotopic (exact) mass is 207 g/mol. The minimum Gasteiger partial charge on any atom is -0.362 e. The van der Waals surface area contributed by atoms with Gasteiger partial charge < -0.3 is 9.88 Å². The van der Waals surface area contributed by atoms with Gasteiger partial charge in [0.05, 0.1) is 0 Å². The molecule has 2 atom stereocenters. The van der Waals surface area contributed by atoms with Crippen LogP contribution in [-0.4, -0.2) is 15.6 Å². The summed E-state index contributed by atoms with van der Waals surface area (Å²) < 4.78 is 1.70. The van der Waals surface area contributed by atoms with Crippen molar-refractivity contribution in [2.45, 2.75) is 39.3 Å². The van der Waals surface area contributed by atoms with Crippen LogP contribution in [0.3, 0.4) is 0 Å². The Hall–Kier alpha value is -1.32. The number of nitrogens with zero attached hydrogens (tertiary/aromatic N) is 2. The molecule has 1 heterocycles. The summed E-state index contributed by atoms with van der Waals surface area (Å²) in [5.74, 6) is 1.15. The van der Waals surface area contributed by atoms with E-state index in [2.05, 4.69) is 17.2 Å². The van der Waals surface area contributed by atoms with Crippen molar-refractivity contribution in [1.82, 2.24) is 9.55 Å². The zero-order valence-electron chi connectivity index (χ0n) is 9.40. The van der Waals surface area contributed by atoms with Gasteiger partial charge in [-0.15, -0.1) is 0 Å². The highest BCUT2D eigenvalue weighted by Gasteiger charge is 2.33. The van der Waals surface area contributed by atoms with Crippen molar-refractivity contribution in [3.8, 4) is 0 Å². The summed E-state index contributed by atoms with van der Waals surface area (Å²) in [5, 5.41) is 3.18. The molecule has 1 aliphatic rings. The molecule has 82 valence electrons. The van der Waals surface area contributed by atoms with Crippen molar-refractivity contribution in [2.24, 2.45) is 5.92 Å². The number of anilines is 1. The molecule has 1 saturated carbocycles. The molecule has 0 saturated heterocycles. The summed E-state index contributed by atoms with van der Waals surface area (Å²) >= 11 is 0. The quantitative estimate of drug-likeness (QED) is 0.819. The van der Waals surface area contributed by atoms with Crippen molar-refractivity contribution < 1.29 is 0 Å². The highest BCUT2D eigenvalue weighted by molar-refractivity contribution is 5.34. The van der Waals surface area contributed by atoms with Gasteiger partial charge in [-0.05, 0) is 26.2 Å². The Morgan fingerprint density at radius 3 is 2.80 bits per heavy atom. The molecule has 0 aliphatic heterocycles. The smallest absolute Gasteiger partial charge is 0.293 e. The molecule has 1 aliphatic carbocycles. The van der Waals surface area contributed by atoms with Gasteiger partial charge in [-0.25, -0.2) is 4.98 Å². The van der Waals surface area contributed by atoms with Gasteiger partial charge in [-0.3, -0.25) is 4.79 Å². The van der Waals surface area contributed by atoms with E-state index in [-0.39, 0.29) is 11.6 Å². The zero-order chi connectivity index (χ0) is 11.0. The van der Waals surface area contributed by atoms with E-state index in [1.165, 1.54) is 0 Å². The Kier molecular flexibility index (Phi) is 2.50. The maximum Gasteiger partial charge on any atom is 0.293 e. The Morgan fingerprint density at radius 2 is 2.27 bits per heavy atom. The molecule has 15 heavy (non-hydrogen) atoms. The van der Waals surface area contributed by atoms with Crippen molar-refractivity contribution in [1.29, 1.82) is 0 Å². The molecule has 1 fully saturated rings. The minimum absolute atomic E-state index is 0.0217. The van der Waals surface area contributed by atoms with Gasteiger partial charge in [0.2, 0.25) is 0 Å². The predicted molar refractivity (Wildman–Crippen MR) is 60.1 cm³/mol. The van der Waals surface area contributed by atoms with E-state index in [1.54, 1.807) is 17.0 Å². The van der Waals surface area contributed by atoms with Crippen LogP contribution in [0.5, 0.6) is 0 Å². The first kappa shape index (κ1) is 10.2. The normalized spacial score (nSPS) is 24.3. The van der Waals surface area contributed by atoms with Crippen LogP contribution < -0.4 is 10.9 Å². The highest BCUT2D eigenvalue weighted by atomic mass is 16.1. The molecule has 0 spiro atoms. The van der Waals surface area contributed by atoms with Crippen LogP contribution in [-0.2, 0) is 0 Å². The van der Waals surface area contributed by atoms with Gasteiger partial charge in [0.25, 0.3) is 5.56 Å². The Balaban J connectivity index is 2.24. The molecule has 4 heteroatoms. The lowest BCUT2D eigenvalue weighted by atomic mass is 10.4. The third kappa shape index (κ3) is 2.03. The topological polar surface area (TPSA) is 46.9 Å². The second-order valence-corrected chi connectivity index (χ2v) is 4.55. The van der Waals surface area contributed by atoms with E-state index in [0.29, 0.717) is 17.8 Å². The lowest BCUT2D eigenvalue weighted by molar-refractivity contribution is 0.575. The second kappa shape index (κ2) is 3.68. The number of rotatable bonds is 3. The average molecular weight is 207 g/mol. The molecule has 0 aromatic carbocycles. The van der Waals surface area contributed by atoms with Gasteiger partial charge in [0.1, 0.15) is 0 Å². The largest absolute Gasteiger partial charge is 0.362 e. The average Bonchev–Trinajstić information content (AvgIpc) is 2.85. The molecule has 1 N–H and O–H groups in total. The summed E-state index contributed by atoms with van der Waals surface area (Å²) in [6.45, 7) is 6.15. The van der Waals surface area contributed by atoms with Gasteiger partial charge in [0, 0.05) is 24.5 Å². The summed E-state index contributed by atoms with van der Waals surface area (Å²) in [4.78, 5) is 16.0. The van der Waals surface area contributed by atoms with Crippen LogP contribution in [0.15, 0.2) is 17.2 Å². The van der Waals surface area contributed by atoms with E-state index in [4.69, 9.17) is 0 Å². The predicted octanol–water partition coefficient (Wildman–Crippen LogP) is 1.64. The molecule has 0 bridgehead atoms. The van der Waals surface area contributed by atoms with E-state index in [0.717, 1.165) is 6.42 Å². The number of hydrogen-bond acceptors (Lipinski definition) is 3. The van der Waals surface area contributed by atoms with Crippen LogP contribution >= 0.6 is 0 Å². The number of aromatic nitrogens is 2. The SMILES string of the molecule is CC1CC1Nc1nccn(C(C)C)c1=O. The molecule has 2 rings (SSSR count). The Morgan fingerprint density at radius 1 is 1.60 bits per heavy atom. The molecule has 4 nitrogen and oxygen atoms in total. The zero-order valence-corrected chi connectivity index (χ0v) is 9.40. The fourth-order valence-corrected chi connectivity index (χ4v) is 1.63. The standard InChI is InChI=1S/C11H17N3O/c1-7(2)14-5-4-12-10(11(14)15)13-9-6-8(9)3/h4-5,7-9H,6H2,1-3H3,(H,12,13). The molecule has 2 unspecified atom stereocenters. The van der Waals surface area contributed by atoms with Gasteiger partial charge in [-0.2, -0.15) is 0 Å². The van der Waals surface area contributed by atoms with Crippen molar-refractivity contribution >= 4 is 5.82 Å². The third-order valence-electron chi connectivity index (χ3n) is 2.86. The molecular weight excluding hydrogens is 190 g/mol. The van der Waals surface area contributed by atoms with E-state index >= 15 is 0 Å². The molecule has 1 aromatic rings. The second-order valence-electron chi connectivity index (χ2n) is 4.55. The van der Waals surface area contributed by atoms with Crippen LogP contribution in [0, 0.1) is 5.92 Å². The van der Waals surface area contributed by atoms with Gasteiger partial charge in [0.15, 0.2) is 5.82 Å². The maximum absolute atomic E-state index is 11.9. The first-order valence-electron chi connectivity index (χ1n) is 5.43. The van der Waals surface area contributed by atoms with Crippen molar-refractivity contribution in [2.75, 3.05) is 5.32 Å². The number of hydrogen-bond donors (Lipinski definition) is 1. The first-order valence-corrected chi connectivity index (χ1v) is 5.43. The van der Waals surface area contributed by atoms with Gasteiger partial charge >= 0.3 is 0 Å². The lowest BCUT2D eigenvalue weighted by Crippen LogP contribution is -2.26. The van der Waals surface area contributed by atoms with Crippen LogP contribution in [0.4, 0.5) is 5.82 Å². The third-order valence-corrected chi connectivity index (χ3v) is 2.86. The summed E-state index contributed by atoms with van der Waals surface area (Å²) in [7, 11) is 0. The lowest BCUT2D eigenvalue weighted by Gasteiger charge is -2.11. The summed E-state index contributed by atoms with van der Waals surface area (Å²) in [6, 6.07) is 0.617. The van der Waals surface area contributed by atoms with E-state index in [1.807, 2.05) is 13.8 Å². The van der Waals surface area contributed by atoms with Gasteiger partial charge in [-0.1, -0.05) is 6.92 Å². The van der Waals surface area contributed by atoms with Crippen molar-refractivity contribution in [3.63, 3.8) is 0 Å². The molecule has 0 amide bonds. The fourth-order valence-electron chi connectivity index (χ4n) is 1.63. The first-order chi connectivity index (χ1) is 7.09. The molecule has 0 radical (unpaired) electrons. The van der Waals surface area contributed by atoms with Crippen LogP contribution in [0.25, 0.3) is 0 Å². The minimum atomic E-state index is -0.0217.